The average molecular weight is 296 g/mol. The van der Waals surface area contributed by atoms with Crippen molar-refractivity contribution in [2.75, 3.05) is 13.1 Å². The number of carbonyl (C=O) groups excluding carboxylic acids is 1. The number of amides is 1. The third kappa shape index (κ3) is 2.85. The van der Waals surface area contributed by atoms with Crippen LogP contribution >= 0.6 is 11.3 Å². The molecule has 0 radical (unpaired) electrons. The highest BCUT2D eigenvalue weighted by molar-refractivity contribution is 7.13. The Morgan fingerprint density at radius 1 is 1.50 bits per heavy atom. The second-order valence-electron chi connectivity index (χ2n) is 5.86. The third-order valence-corrected chi connectivity index (χ3v) is 5.01. The molecule has 2 heterocycles. The van der Waals surface area contributed by atoms with Gasteiger partial charge in [0, 0.05) is 13.1 Å². The lowest BCUT2D eigenvalue weighted by molar-refractivity contribution is -0.151. The van der Waals surface area contributed by atoms with E-state index in [2.05, 4.69) is 4.98 Å². The van der Waals surface area contributed by atoms with Crippen molar-refractivity contribution in [2.45, 2.75) is 33.6 Å². The van der Waals surface area contributed by atoms with Crippen LogP contribution in [0.5, 0.6) is 0 Å². The summed E-state index contributed by atoms with van der Waals surface area (Å²) in [5.74, 6) is -0.835. The Kier molecular flexibility index (Phi) is 4.13. The van der Waals surface area contributed by atoms with E-state index in [1.165, 1.54) is 11.3 Å². The maximum Gasteiger partial charge on any atom is 0.309 e. The van der Waals surface area contributed by atoms with Crippen LogP contribution in [0.3, 0.4) is 0 Å². The van der Waals surface area contributed by atoms with Crippen LogP contribution in [0.4, 0.5) is 0 Å². The van der Waals surface area contributed by atoms with Crippen molar-refractivity contribution in [1.82, 2.24) is 9.88 Å². The van der Waals surface area contributed by atoms with E-state index < -0.39 is 11.4 Å². The minimum Gasteiger partial charge on any atom is -0.481 e. The standard InChI is InChI=1S/C14H20N2O3S/c1-9-15-7-11(20-9)12(17)16-6-4-5-10(8-16)14(2,3)13(18)19/h7,10H,4-6,8H2,1-3H3,(H,18,19). The molecule has 1 N–H and O–H groups in total. The molecule has 6 heteroatoms. The molecule has 5 nitrogen and oxygen atoms in total. The van der Waals surface area contributed by atoms with Crippen LogP contribution in [-0.2, 0) is 4.79 Å². The first kappa shape index (κ1) is 15.0. The minimum absolute atomic E-state index is 0.00767. The van der Waals surface area contributed by atoms with E-state index in [0.29, 0.717) is 18.0 Å². The van der Waals surface area contributed by atoms with Crippen LogP contribution in [0.1, 0.15) is 41.4 Å². The Labute approximate surface area is 122 Å². The largest absolute Gasteiger partial charge is 0.481 e. The summed E-state index contributed by atoms with van der Waals surface area (Å²) in [4.78, 5) is 30.3. The number of thiazole rings is 1. The molecule has 1 unspecified atom stereocenters. The predicted molar refractivity (Wildman–Crippen MR) is 76.9 cm³/mol. The highest BCUT2D eigenvalue weighted by Gasteiger charge is 2.40. The van der Waals surface area contributed by atoms with Gasteiger partial charge in [-0.3, -0.25) is 9.59 Å². The summed E-state index contributed by atoms with van der Waals surface area (Å²) < 4.78 is 0. The van der Waals surface area contributed by atoms with Gasteiger partial charge in [-0.05, 0) is 39.5 Å². The number of aryl methyl sites for hydroxylation is 1. The normalized spacial score (nSPS) is 19.9. The fourth-order valence-electron chi connectivity index (χ4n) is 2.54. The van der Waals surface area contributed by atoms with E-state index in [1.54, 1.807) is 24.9 Å². The number of aliphatic carboxylic acids is 1. The molecule has 0 spiro atoms. The zero-order chi connectivity index (χ0) is 14.9. The SMILES string of the molecule is Cc1ncc(C(=O)N2CCCC(C(C)(C)C(=O)O)C2)s1. The van der Waals surface area contributed by atoms with Gasteiger partial charge in [0.15, 0.2) is 0 Å². The highest BCUT2D eigenvalue weighted by Crippen LogP contribution is 2.34. The van der Waals surface area contributed by atoms with Crippen molar-refractivity contribution in [3.05, 3.63) is 16.1 Å². The Morgan fingerprint density at radius 2 is 2.20 bits per heavy atom. The number of piperidine rings is 1. The molecule has 0 saturated carbocycles. The number of carboxylic acid groups (broad SMARTS) is 1. The topological polar surface area (TPSA) is 70.5 Å². The number of aromatic nitrogens is 1. The van der Waals surface area contributed by atoms with Crippen molar-refractivity contribution >= 4 is 23.2 Å². The van der Waals surface area contributed by atoms with Crippen LogP contribution in [0.15, 0.2) is 6.20 Å². The molecule has 0 aromatic carbocycles. The molecule has 1 aromatic rings. The highest BCUT2D eigenvalue weighted by atomic mass is 32.1. The van der Waals surface area contributed by atoms with Gasteiger partial charge < -0.3 is 10.0 Å². The Hall–Kier alpha value is -1.43. The number of hydrogen-bond acceptors (Lipinski definition) is 4. The zero-order valence-electron chi connectivity index (χ0n) is 12.0. The van der Waals surface area contributed by atoms with Crippen LogP contribution < -0.4 is 0 Å². The molecule has 1 atom stereocenters. The van der Waals surface area contributed by atoms with E-state index in [1.807, 2.05) is 6.92 Å². The summed E-state index contributed by atoms with van der Waals surface area (Å²) in [7, 11) is 0. The first-order chi connectivity index (χ1) is 9.32. The number of likely N-dealkylation sites (tertiary alicyclic amines) is 1. The van der Waals surface area contributed by atoms with Crippen LogP contribution in [0, 0.1) is 18.3 Å². The van der Waals surface area contributed by atoms with Gasteiger partial charge in [0.1, 0.15) is 4.88 Å². The Balaban J connectivity index is 2.11. The maximum atomic E-state index is 12.4. The van der Waals surface area contributed by atoms with Crippen molar-refractivity contribution in [1.29, 1.82) is 0 Å². The van der Waals surface area contributed by atoms with Crippen LogP contribution in [-0.4, -0.2) is 40.0 Å². The summed E-state index contributed by atoms with van der Waals surface area (Å²) in [6.45, 7) is 6.56. The predicted octanol–water partition coefficient (Wildman–Crippen LogP) is 2.41. The van der Waals surface area contributed by atoms with Crippen LogP contribution in [0.25, 0.3) is 0 Å². The van der Waals surface area contributed by atoms with Crippen LogP contribution in [0.2, 0.25) is 0 Å². The second kappa shape index (κ2) is 5.52. The fourth-order valence-corrected chi connectivity index (χ4v) is 3.29. The van der Waals surface area contributed by atoms with Gasteiger partial charge in [0.25, 0.3) is 5.91 Å². The monoisotopic (exact) mass is 296 g/mol. The average Bonchev–Trinajstić information content (AvgIpc) is 2.84. The molecule has 1 saturated heterocycles. The molecular formula is C14H20N2O3S. The molecule has 1 aliphatic rings. The molecule has 0 aliphatic carbocycles. The van der Waals surface area contributed by atoms with Crippen molar-refractivity contribution in [3.8, 4) is 0 Å². The number of carbonyl (C=O) groups is 2. The third-order valence-electron chi connectivity index (χ3n) is 4.11. The molecule has 20 heavy (non-hydrogen) atoms. The molecule has 0 bridgehead atoms. The Bertz CT molecular complexity index is 524. The summed E-state index contributed by atoms with van der Waals surface area (Å²) in [5, 5.41) is 10.2. The smallest absolute Gasteiger partial charge is 0.309 e. The van der Waals surface area contributed by atoms with Gasteiger partial charge in [-0.2, -0.15) is 0 Å². The van der Waals surface area contributed by atoms with Gasteiger partial charge >= 0.3 is 5.97 Å². The molecule has 2 rings (SSSR count). The number of carboxylic acids is 1. The first-order valence-electron chi connectivity index (χ1n) is 6.77. The van der Waals surface area contributed by atoms with Crippen molar-refractivity contribution in [2.24, 2.45) is 11.3 Å². The van der Waals surface area contributed by atoms with Crippen molar-refractivity contribution < 1.29 is 14.7 Å². The van der Waals surface area contributed by atoms with E-state index in [0.717, 1.165) is 17.8 Å². The quantitative estimate of drug-likeness (QED) is 0.930. The fraction of sp³-hybridized carbons (Fsp3) is 0.643. The molecule has 1 aromatic heterocycles. The number of nitrogens with zero attached hydrogens (tertiary/aromatic N) is 2. The van der Waals surface area contributed by atoms with E-state index in [9.17, 15) is 14.7 Å². The van der Waals surface area contributed by atoms with Gasteiger partial charge in [0.05, 0.1) is 16.6 Å². The minimum atomic E-state index is -0.803. The Morgan fingerprint density at radius 3 is 2.75 bits per heavy atom. The molecule has 1 amide bonds. The lowest BCUT2D eigenvalue weighted by Gasteiger charge is -2.39. The summed E-state index contributed by atoms with van der Waals surface area (Å²) in [6, 6.07) is 0. The second-order valence-corrected chi connectivity index (χ2v) is 7.10. The van der Waals surface area contributed by atoms with E-state index in [4.69, 9.17) is 0 Å². The first-order valence-corrected chi connectivity index (χ1v) is 7.59. The van der Waals surface area contributed by atoms with E-state index in [-0.39, 0.29) is 11.8 Å². The maximum absolute atomic E-state index is 12.4. The number of hydrogen-bond donors (Lipinski definition) is 1. The zero-order valence-corrected chi connectivity index (χ0v) is 12.9. The summed E-state index contributed by atoms with van der Waals surface area (Å²) in [6.07, 6.45) is 3.31. The lowest BCUT2D eigenvalue weighted by Crippen LogP contribution is -2.46. The van der Waals surface area contributed by atoms with Gasteiger partial charge in [-0.15, -0.1) is 11.3 Å². The molecule has 1 fully saturated rings. The van der Waals surface area contributed by atoms with E-state index >= 15 is 0 Å². The van der Waals surface area contributed by atoms with Gasteiger partial charge in [-0.1, -0.05) is 0 Å². The van der Waals surface area contributed by atoms with Gasteiger partial charge in [0.2, 0.25) is 0 Å². The van der Waals surface area contributed by atoms with Crippen molar-refractivity contribution in [3.63, 3.8) is 0 Å². The summed E-state index contributed by atoms with van der Waals surface area (Å²) >= 11 is 1.39. The van der Waals surface area contributed by atoms with Gasteiger partial charge in [-0.25, -0.2) is 4.98 Å². The number of rotatable bonds is 3. The lowest BCUT2D eigenvalue weighted by atomic mass is 9.74. The molecular weight excluding hydrogens is 276 g/mol. The molecule has 110 valence electrons. The summed E-state index contributed by atoms with van der Waals surface area (Å²) in [5.41, 5.74) is -0.803. The molecule has 1 aliphatic heterocycles.